The fourth-order valence-electron chi connectivity index (χ4n) is 1.62. The molecule has 19 heavy (non-hydrogen) atoms. The highest BCUT2D eigenvalue weighted by molar-refractivity contribution is 5.35. The number of halogens is 1. The zero-order valence-electron chi connectivity index (χ0n) is 11.1. The van der Waals surface area contributed by atoms with Gasteiger partial charge in [0.2, 0.25) is 0 Å². The SMILES string of the molecule is CC(C)NCc1ccncc1Oc1cccc(F)c1. The molecule has 2 rings (SSSR count). The van der Waals surface area contributed by atoms with E-state index in [0.29, 0.717) is 24.1 Å². The second kappa shape index (κ2) is 6.29. The summed E-state index contributed by atoms with van der Waals surface area (Å²) in [5.41, 5.74) is 0.993. The number of hydrogen-bond acceptors (Lipinski definition) is 3. The van der Waals surface area contributed by atoms with Gasteiger partial charge in [0.05, 0.1) is 6.20 Å². The summed E-state index contributed by atoms with van der Waals surface area (Å²) >= 11 is 0. The molecule has 0 bridgehead atoms. The quantitative estimate of drug-likeness (QED) is 0.893. The summed E-state index contributed by atoms with van der Waals surface area (Å²) in [5.74, 6) is 0.795. The number of aromatic nitrogens is 1. The number of ether oxygens (including phenoxy) is 1. The van der Waals surface area contributed by atoms with Gasteiger partial charge in [0.25, 0.3) is 0 Å². The van der Waals surface area contributed by atoms with E-state index in [0.717, 1.165) is 5.56 Å². The van der Waals surface area contributed by atoms with E-state index in [9.17, 15) is 4.39 Å². The van der Waals surface area contributed by atoms with Crippen LogP contribution in [0, 0.1) is 5.82 Å². The molecular formula is C15H17FN2O. The highest BCUT2D eigenvalue weighted by atomic mass is 19.1. The first kappa shape index (κ1) is 13.5. The Morgan fingerprint density at radius 1 is 1.32 bits per heavy atom. The molecule has 0 unspecified atom stereocenters. The van der Waals surface area contributed by atoms with Crippen LogP contribution in [0.5, 0.6) is 11.5 Å². The van der Waals surface area contributed by atoms with Gasteiger partial charge in [-0.15, -0.1) is 0 Å². The van der Waals surface area contributed by atoms with Gasteiger partial charge >= 0.3 is 0 Å². The van der Waals surface area contributed by atoms with Gasteiger partial charge in [-0.2, -0.15) is 0 Å². The van der Waals surface area contributed by atoms with Gasteiger partial charge in [0.15, 0.2) is 0 Å². The molecule has 1 aromatic heterocycles. The summed E-state index contributed by atoms with van der Waals surface area (Å²) in [6.45, 7) is 4.84. The van der Waals surface area contributed by atoms with E-state index in [1.54, 1.807) is 24.5 Å². The predicted molar refractivity (Wildman–Crippen MR) is 72.7 cm³/mol. The molecule has 0 spiro atoms. The van der Waals surface area contributed by atoms with Crippen LogP contribution in [0.15, 0.2) is 42.7 Å². The molecule has 1 heterocycles. The van der Waals surface area contributed by atoms with Crippen molar-refractivity contribution in [1.29, 1.82) is 0 Å². The van der Waals surface area contributed by atoms with Gasteiger partial charge in [-0.1, -0.05) is 19.9 Å². The van der Waals surface area contributed by atoms with Crippen LogP contribution in [-0.2, 0) is 6.54 Å². The number of rotatable bonds is 5. The number of hydrogen-bond donors (Lipinski definition) is 1. The molecule has 0 aliphatic heterocycles. The first-order valence-electron chi connectivity index (χ1n) is 6.25. The van der Waals surface area contributed by atoms with Crippen molar-refractivity contribution < 1.29 is 9.13 Å². The number of nitrogens with zero attached hydrogens (tertiary/aromatic N) is 1. The van der Waals surface area contributed by atoms with Gasteiger partial charge in [-0.25, -0.2) is 4.39 Å². The third-order valence-electron chi connectivity index (χ3n) is 2.59. The lowest BCUT2D eigenvalue weighted by Crippen LogP contribution is -2.22. The van der Waals surface area contributed by atoms with Crippen LogP contribution in [0.4, 0.5) is 4.39 Å². The van der Waals surface area contributed by atoms with E-state index < -0.39 is 0 Å². The first-order chi connectivity index (χ1) is 9.15. The van der Waals surface area contributed by atoms with E-state index in [4.69, 9.17) is 4.74 Å². The molecule has 0 aliphatic rings. The maximum atomic E-state index is 13.1. The topological polar surface area (TPSA) is 34.2 Å². The molecule has 4 heteroatoms. The van der Waals surface area contributed by atoms with Crippen molar-refractivity contribution in [3.8, 4) is 11.5 Å². The number of benzene rings is 1. The summed E-state index contributed by atoms with van der Waals surface area (Å²) < 4.78 is 18.8. The largest absolute Gasteiger partial charge is 0.455 e. The maximum absolute atomic E-state index is 13.1. The van der Waals surface area contributed by atoms with Crippen LogP contribution in [0.2, 0.25) is 0 Å². The molecule has 0 amide bonds. The molecule has 1 N–H and O–H groups in total. The fraction of sp³-hybridized carbons (Fsp3) is 0.267. The molecule has 3 nitrogen and oxygen atoms in total. The first-order valence-corrected chi connectivity index (χ1v) is 6.25. The average molecular weight is 260 g/mol. The molecule has 1 aromatic carbocycles. The monoisotopic (exact) mass is 260 g/mol. The Morgan fingerprint density at radius 3 is 2.89 bits per heavy atom. The molecule has 0 saturated carbocycles. The van der Waals surface area contributed by atoms with Gasteiger partial charge < -0.3 is 10.1 Å². The second-order valence-corrected chi connectivity index (χ2v) is 4.58. The highest BCUT2D eigenvalue weighted by Gasteiger charge is 2.06. The van der Waals surface area contributed by atoms with Gasteiger partial charge in [0.1, 0.15) is 17.3 Å². The van der Waals surface area contributed by atoms with Crippen molar-refractivity contribution >= 4 is 0 Å². The lowest BCUT2D eigenvalue weighted by Gasteiger charge is -2.13. The van der Waals surface area contributed by atoms with Crippen molar-refractivity contribution in [1.82, 2.24) is 10.3 Å². The molecule has 0 radical (unpaired) electrons. The lowest BCUT2D eigenvalue weighted by atomic mass is 10.2. The predicted octanol–water partition coefficient (Wildman–Crippen LogP) is 3.51. The lowest BCUT2D eigenvalue weighted by molar-refractivity contribution is 0.462. The van der Waals surface area contributed by atoms with Crippen LogP contribution < -0.4 is 10.1 Å². The molecular weight excluding hydrogens is 243 g/mol. The summed E-state index contributed by atoms with van der Waals surface area (Å²) in [4.78, 5) is 4.04. The third kappa shape index (κ3) is 4.03. The van der Waals surface area contributed by atoms with E-state index in [1.807, 2.05) is 6.07 Å². The Morgan fingerprint density at radius 2 is 2.16 bits per heavy atom. The molecule has 0 fully saturated rings. The van der Waals surface area contributed by atoms with Gasteiger partial charge in [-0.05, 0) is 18.2 Å². The van der Waals surface area contributed by atoms with Crippen LogP contribution in [0.1, 0.15) is 19.4 Å². The van der Waals surface area contributed by atoms with E-state index in [1.165, 1.54) is 12.1 Å². The standard InChI is InChI=1S/C15H17FN2O/c1-11(2)18-9-12-6-7-17-10-15(12)19-14-5-3-4-13(16)8-14/h3-8,10-11,18H,9H2,1-2H3. The number of pyridine rings is 1. The zero-order valence-corrected chi connectivity index (χ0v) is 11.1. The summed E-state index contributed by atoms with van der Waals surface area (Å²) in [6.07, 6.45) is 3.36. The Balaban J connectivity index is 2.15. The minimum absolute atomic E-state index is 0.316. The van der Waals surface area contributed by atoms with E-state index in [-0.39, 0.29) is 5.82 Å². The molecule has 0 atom stereocenters. The Kier molecular flexibility index (Phi) is 4.47. The van der Waals surface area contributed by atoms with Crippen molar-refractivity contribution in [2.75, 3.05) is 0 Å². The van der Waals surface area contributed by atoms with Crippen LogP contribution in [-0.4, -0.2) is 11.0 Å². The van der Waals surface area contributed by atoms with E-state index >= 15 is 0 Å². The van der Waals surface area contributed by atoms with E-state index in [2.05, 4.69) is 24.1 Å². The van der Waals surface area contributed by atoms with Crippen LogP contribution in [0.3, 0.4) is 0 Å². The minimum Gasteiger partial charge on any atom is -0.455 e. The molecule has 0 saturated heterocycles. The Labute approximate surface area is 112 Å². The summed E-state index contributed by atoms with van der Waals surface area (Å²) in [7, 11) is 0. The fourth-order valence-corrected chi connectivity index (χ4v) is 1.62. The molecule has 0 aliphatic carbocycles. The minimum atomic E-state index is -0.316. The van der Waals surface area contributed by atoms with Crippen molar-refractivity contribution in [3.63, 3.8) is 0 Å². The zero-order chi connectivity index (χ0) is 13.7. The molecule has 2 aromatic rings. The van der Waals surface area contributed by atoms with Gasteiger partial charge in [0, 0.05) is 30.4 Å². The second-order valence-electron chi connectivity index (χ2n) is 4.58. The Hall–Kier alpha value is -1.94. The maximum Gasteiger partial charge on any atom is 0.150 e. The average Bonchev–Trinajstić information content (AvgIpc) is 2.38. The van der Waals surface area contributed by atoms with Crippen molar-refractivity contribution in [3.05, 3.63) is 54.1 Å². The summed E-state index contributed by atoms with van der Waals surface area (Å²) in [5, 5.41) is 3.32. The van der Waals surface area contributed by atoms with Crippen molar-refractivity contribution in [2.24, 2.45) is 0 Å². The molecule has 100 valence electrons. The van der Waals surface area contributed by atoms with Gasteiger partial charge in [-0.3, -0.25) is 4.98 Å². The van der Waals surface area contributed by atoms with Crippen LogP contribution in [0.25, 0.3) is 0 Å². The third-order valence-corrected chi connectivity index (χ3v) is 2.59. The number of nitrogens with one attached hydrogen (secondary N) is 1. The van der Waals surface area contributed by atoms with Crippen molar-refractivity contribution in [2.45, 2.75) is 26.4 Å². The smallest absolute Gasteiger partial charge is 0.150 e. The highest BCUT2D eigenvalue weighted by Crippen LogP contribution is 2.24. The van der Waals surface area contributed by atoms with Crippen LogP contribution >= 0.6 is 0 Å². The Bertz CT molecular complexity index is 543. The normalized spacial score (nSPS) is 10.7. The summed E-state index contributed by atoms with van der Waals surface area (Å²) in [6, 6.07) is 8.35.